The van der Waals surface area contributed by atoms with E-state index in [0.717, 1.165) is 63.0 Å². The van der Waals surface area contributed by atoms with Gasteiger partial charge in [0.2, 0.25) is 5.91 Å². The minimum absolute atomic E-state index is 0.175. The second kappa shape index (κ2) is 9.16. The highest BCUT2D eigenvalue weighted by molar-refractivity contribution is 5.91. The molecule has 1 aliphatic rings. The molecule has 0 unspecified atom stereocenters. The van der Waals surface area contributed by atoms with E-state index in [-0.39, 0.29) is 11.8 Å². The van der Waals surface area contributed by atoms with Gasteiger partial charge in [0.05, 0.1) is 0 Å². The number of hydrogen-bond donors (Lipinski definition) is 2. The lowest BCUT2D eigenvalue weighted by atomic mass is 9.64. The highest BCUT2D eigenvalue weighted by Gasteiger charge is 2.49. The molecule has 1 atom stereocenters. The van der Waals surface area contributed by atoms with Gasteiger partial charge < -0.3 is 16.4 Å². The minimum Gasteiger partial charge on any atom is -0.369 e. The van der Waals surface area contributed by atoms with Crippen molar-refractivity contribution in [3.8, 4) is 0 Å². The van der Waals surface area contributed by atoms with Crippen LogP contribution in [0, 0.1) is 5.92 Å². The maximum absolute atomic E-state index is 13.0. The van der Waals surface area contributed by atoms with Crippen molar-refractivity contribution in [2.24, 2.45) is 17.4 Å². The molecule has 144 valence electrons. The minimum atomic E-state index is -0.783. The zero-order valence-electron chi connectivity index (χ0n) is 16.0. The van der Waals surface area contributed by atoms with E-state index in [0.29, 0.717) is 0 Å². The fourth-order valence-corrected chi connectivity index (χ4v) is 4.57. The van der Waals surface area contributed by atoms with Gasteiger partial charge in [-0.3, -0.25) is 4.79 Å². The van der Waals surface area contributed by atoms with Crippen LogP contribution in [0.1, 0.15) is 36.8 Å². The Kier molecular flexibility index (Phi) is 6.64. The monoisotopic (exact) mass is 365 g/mol. The van der Waals surface area contributed by atoms with Gasteiger partial charge >= 0.3 is 0 Å². The molecule has 2 aromatic carbocycles. The standard InChI is InChI=1S/C23H31N3O/c24-15-8-3-9-16-26-17-14-21(18-26)23(22(25)27,19-10-4-1-5-11-19)20-12-6-2-7-13-20/h1-2,4-7,10-13,21H,3,8-9,14-18,24H2,(H2,25,27)/t21-/m1/s1. The first kappa shape index (κ1) is 19.6. The SMILES string of the molecule is NCCCCCN1CC[C@@H](C(C(N)=O)(c2ccccc2)c2ccccc2)C1. The zero-order chi connectivity index (χ0) is 19.1. The van der Waals surface area contributed by atoms with Gasteiger partial charge in [-0.05, 0) is 55.9 Å². The number of unbranched alkanes of at least 4 members (excludes halogenated alkanes) is 2. The van der Waals surface area contributed by atoms with Gasteiger partial charge in [-0.2, -0.15) is 0 Å². The Morgan fingerprint density at radius 2 is 1.56 bits per heavy atom. The molecule has 3 rings (SSSR count). The Bertz CT molecular complexity index is 677. The van der Waals surface area contributed by atoms with Gasteiger partial charge in [-0.15, -0.1) is 0 Å². The number of rotatable bonds is 9. The van der Waals surface area contributed by atoms with Crippen molar-refractivity contribution in [1.82, 2.24) is 4.90 Å². The maximum atomic E-state index is 13.0. The number of nitrogens with zero attached hydrogens (tertiary/aromatic N) is 1. The van der Waals surface area contributed by atoms with E-state index < -0.39 is 5.41 Å². The van der Waals surface area contributed by atoms with Crippen LogP contribution in [0.2, 0.25) is 0 Å². The van der Waals surface area contributed by atoms with E-state index in [1.807, 2.05) is 60.7 Å². The van der Waals surface area contributed by atoms with Gasteiger partial charge in [0.25, 0.3) is 0 Å². The van der Waals surface area contributed by atoms with Crippen molar-refractivity contribution in [2.45, 2.75) is 31.1 Å². The predicted molar refractivity (Wildman–Crippen MR) is 110 cm³/mol. The van der Waals surface area contributed by atoms with Crippen LogP contribution in [0.5, 0.6) is 0 Å². The summed E-state index contributed by atoms with van der Waals surface area (Å²) in [5.41, 5.74) is 12.9. The first-order chi connectivity index (χ1) is 13.2. The van der Waals surface area contributed by atoms with Gasteiger partial charge in [0.1, 0.15) is 5.41 Å². The Balaban J connectivity index is 1.91. The number of carbonyl (C=O) groups excluding carboxylic acids is 1. The van der Waals surface area contributed by atoms with Gasteiger partial charge in [-0.1, -0.05) is 67.1 Å². The lowest BCUT2D eigenvalue weighted by molar-refractivity contribution is -0.123. The summed E-state index contributed by atoms with van der Waals surface area (Å²) in [6.07, 6.45) is 4.38. The maximum Gasteiger partial charge on any atom is 0.232 e. The number of benzene rings is 2. The average molecular weight is 366 g/mol. The summed E-state index contributed by atoms with van der Waals surface area (Å²) >= 11 is 0. The summed E-state index contributed by atoms with van der Waals surface area (Å²) in [7, 11) is 0. The Morgan fingerprint density at radius 3 is 2.07 bits per heavy atom. The predicted octanol–water partition coefficient (Wildman–Crippen LogP) is 2.91. The molecular weight excluding hydrogens is 334 g/mol. The lowest BCUT2D eigenvalue weighted by Crippen LogP contribution is -2.49. The van der Waals surface area contributed by atoms with Crippen molar-refractivity contribution in [3.05, 3.63) is 71.8 Å². The highest BCUT2D eigenvalue weighted by atomic mass is 16.1. The van der Waals surface area contributed by atoms with Crippen molar-refractivity contribution in [1.29, 1.82) is 0 Å². The Hall–Kier alpha value is -2.17. The summed E-state index contributed by atoms with van der Waals surface area (Å²) in [6.45, 7) is 3.74. The second-order valence-electron chi connectivity index (χ2n) is 7.54. The number of carbonyl (C=O) groups is 1. The molecular formula is C23H31N3O. The van der Waals surface area contributed by atoms with Crippen LogP contribution in [0.4, 0.5) is 0 Å². The van der Waals surface area contributed by atoms with E-state index in [9.17, 15) is 4.79 Å². The summed E-state index contributed by atoms with van der Waals surface area (Å²) in [5, 5.41) is 0. The van der Waals surface area contributed by atoms with Crippen molar-refractivity contribution in [2.75, 3.05) is 26.2 Å². The zero-order valence-corrected chi connectivity index (χ0v) is 16.0. The molecule has 4 nitrogen and oxygen atoms in total. The van der Waals surface area contributed by atoms with Crippen molar-refractivity contribution in [3.63, 3.8) is 0 Å². The fraction of sp³-hybridized carbons (Fsp3) is 0.435. The Morgan fingerprint density at radius 1 is 0.963 bits per heavy atom. The van der Waals surface area contributed by atoms with Crippen LogP contribution in [-0.2, 0) is 10.2 Å². The molecule has 0 spiro atoms. The molecule has 0 radical (unpaired) electrons. The van der Waals surface area contributed by atoms with Gasteiger partial charge in [0, 0.05) is 6.54 Å². The summed E-state index contributed by atoms with van der Waals surface area (Å²) in [4.78, 5) is 15.5. The third-order valence-electron chi connectivity index (χ3n) is 5.91. The molecule has 0 bridgehead atoms. The average Bonchev–Trinajstić information content (AvgIpc) is 3.16. The molecule has 1 heterocycles. The van der Waals surface area contributed by atoms with Gasteiger partial charge in [0.15, 0.2) is 0 Å². The first-order valence-corrected chi connectivity index (χ1v) is 10.0. The number of primary amides is 1. The van der Waals surface area contributed by atoms with Crippen molar-refractivity contribution < 1.29 is 4.79 Å². The molecule has 1 aliphatic heterocycles. The quantitative estimate of drug-likeness (QED) is 0.671. The van der Waals surface area contributed by atoms with Crippen LogP contribution in [0.3, 0.4) is 0 Å². The fourth-order valence-electron chi connectivity index (χ4n) is 4.57. The topological polar surface area (TPSA) is 72.3 Å². The van der Waals surface area contributed by atoms with Crippen LogP contribution < -0.4 is 11.5 Å². The largest absolute Gasteiger partial charge is 0.369 e. The van der Waals surface area contributed by atoms with Crippen LogP contribution >= 0.6 is 0 Å². The van der Waals surface area contributed by atoms with E-state index in [1.165, 1.54) is 0 Å². The van der Waals surface area contributed by atoms with E-state index in [2.05, 4.69) is 4.90 Å². The Labute approximate surface area is 162 Å². The van der Waals surface area contributed by atoms with Crippen LogP contribution in [0.15, 0.2) is 60.7 Å². The third kappa shape index (κ3) is 4.07. The lowest BCUT2D eigenvalue weighted by Gasteiger charge is -2.37. The smallest absolute Gasteiger partial charge is 0.232 e. The molecule has 4 heteroatoms. The van der Waals surface area contributed by atoms with Crippen molar-refractivity contribution >= 4 is 5.91 Å². The molecule has 1 amide bonds. The van der Waals surface area contributed by atoms with E-state index >= 15 is 0 Å². The molecule has 1 saturated heterocycles. The summed E-state index contributed by atoms with van der Waals surface area (Å²) < 4.78 is 0. The molecule has 4 N–H and O–H groups in total. The molecule has 0 aromatic heterocycles. The van der Waals surface area contributed by atoms with Crippen LogP contribution in [-0.4, -0.2) is 37.0 Å². The normalized spacial score (nSPS) is 17.9. The van der Waals surface area contributed by atoms with Crippen LogP contribution in [0.25, 0.3) is 0 Å². The summed E-state index contributed by atoms with van der Waals surface area (Å²) in [6, 6.07) is 20.1. The molecule has 1 fully saturated rings. The number of hydrogen-bond acceptors (Lipinski definition) is 3. The molecule has 0 aliphatic carbocycles. The first-order valence-electron chi connectivity index (χ1n) is 10.0. The molecule has 2 aromatic rings. The second-order valence-corrected chi connectivity index (χ2v) is 7.54. The summed E-state index contributed by atoms with van der Waals surface area (Å²) in [5.74, 6) is -0.0795. The highest BCUT2D eigenvalue weighted by Crippen LogP contribution is 2.43. The molecule has 27 heavy (non-hydrogen) atoms. The van der Waals surface area contributed by atoms with E-state index in [1.54, 1.807) is 0 Å². The number of likely N-dealkylation sites (tertiary alicyclic amines) is 1. The third-order valence-corrected chi connectivity index (χ3v) is 5.91. The number of nitrogens with two attached hydrogens (primary N) is 2. The molecule has 0 saturated carbocycles. The number of amides is 1. The van der Waals surface area contributed by atoms with E-state index in [4.69, 9.17) is 11.5 Å². The van der Waals surface area contributed by atoms with Gasteiger partial charge in [-0.25, -0.2) is 0 Å².